The number of aliphatic hydroxyl groups is 1. The summed E-state index contributed by atoms with van der Waals surface area (Å²) in [6.07, 6.45) is -3.60. The zero-order valence-corrected chi connectivity index (χ0v) is 10.1. The first kappa shape index (κ1) is 14.1. The molecule has 0 amide bonds. The maximum absolute atomic E-state index is 13.6. The lowest BCUT2D eigenvalue weighted by Crippen LogP contribution is -2.33. The molecule has 0 saturated carbocycles. The molecule has 1 saturated heterocycles. The van der Waals surface area contributed by atoms with Crippen LogP contribution in [0.5, 0.6) is 0 Å². The van der Waals surface area contributed by atoms with Crippen molar-refractivity contribution in [3.8, 4) is 0 Å². The van der Waals surface area contributed by atoms with Gasteiger partial charge in [-0.2, -0.15) is 0 Å². The monoisotopic (exact) mass is 252 g/mol. The lowest BCUT2D eigenvalue weighted by atomic mass is 9.94. The van der Waals surface area contributed by atoms with Gasteiger partial charge in [0.25, 0.3) is 0 Å². The quantitative estimate of drug-likeness (QED) is 0.568. The van der Waals surface area contributed by atoms with Gasteiger partial charge in [-0.25, -0.2) is 4.39 Å². The van der Waals surface area contributed by atoms with Gasteiger partial charge in [0.15, 0.2) is 0 Å². The summed E-state index contributed by atoms with van der Waals surface area (Å²) in [7, 11) is 3.21. The molecule has 8 heteroatoms. The number of rotatable bonds is 5. The molecule has 5 nitrogen and oxygen atoms in total. The molecule has 1 fully saturated rings. The maximum atomic E-state index is 13.6. The van der Waals surface area contributed by atoms with Gasteiger partial charge < -0.3 is 14.4 Å². The van der Waals surface area contributed by atoms with Gasteiger partial charge in [-0.05, 0) is 0 Å². The molecule has 5 atom stereocenters. The first-order valence-electron chi connectivity index (χ1n) is 4.96. The highest BCUT2D eigenvalue weighted by molar-refractivity contribution is 7.53. The highest BCUT2D eigenvalue weighted by Crippen LogP contribution is 2.50. The fourth-order valence-corrected chi connectivity index (χ4v) is 2.57. The topological polar surface area (TPSA) is 65.0 Å². The third-order valence-corrected chi connectivity index (χ3v) is 4.35. The first-order chi connectivity index (χ1) is 7.47. The van der Waals surface area contributed by atoms with Crippen LogP contribution in [0.25, 0.3) is 0 Å². The second kappa shape index (κ2) is 5.60. The molecule has 1 N–H and O–H groups in total. The second-order valence-electron chi connectivity index (χ2n) is 3.45. The fourth-order valence-electron chi connectivity index (χ4n) is 1.45. The smallest absolute Gasteiger partial charge is 0.330 e. The van der Waals surface area contributed by atoms with E-state index < -0.39 is 38.6 Å². The summed E-state index contributed by atoms with van der Waals surface area (Å²) in [5, 5.41) is 8.96. The molecule has 2 radical (unpaired) electrons. The Morgan fingerprint density at radius 3 is 2.69 bits per heavy atom. The molecule has 1 rings (SSSR count). The van der Waals surface area contributed by atoms with E-state index in [2.05, 4.69) is 0 Å². The van der Waals surface area contributed by atoms with Gasteiger partial charge in [0.1, 0.15) is 26.2 Å². The van der Waals surface area contributed by atoms with Gasteiger partial charge in [-0.3, -0.25) is 9.09 Å². The van der Waals surface area contributed by atoms with E-state index >= 15 is 0 Å². The van der Waals surface area contributed by atoms with Crippen LogP contribution in [-0.2, 0) is 18.3 Å². The van der Waals surface area contributed by atoms with E-state index in [-0.39, 0.29) is 6.16 Å². The van der Waals surface area contributed by atoms with Crippen LogP contribution in [0.15, 0.2) is 0 Å². The van der Waals surface area contributed by atoms with Crippen molar-refractivity contribution in [3.63, 3.8) is 0 Å². The number of alkyl halides is 1. The number of ether oxygens (including phenoxy) is 1. The summed E-state index contributed by atoms with van der Waals surface area (Å²) >= 11 is 0. The van der Waals surface area contributed by atoms with E-state index in [0.29, 0.717) is 0 Å². The van der Waals surface area contributed by atoms with Crippen molar-refractivity contribution in [2.24, 2.45) is 0 Å². The average Bonchev–Trinajstić information content (AvgIpc) is 2.56. The van der Waals surface area contributed by atoms with E-state index in [1.807, 2.05) is 0 Å². The van der Waals surface area contributed by atoms with E-state index in [0.717, 1.165) is 0 Å². The molecule has 92 valence electrons. The average molecular weight is 252 g/mol. The molecule has 1 aliphatic heterocycles. The van der Waals surface area contributed by atoms with Crippen molar-refractivity contribution in [2.75, 3.05) is 19.9 Å². The zero-order valence-electron chi connectivity index (χ0n) is 9.21. The molecule has 16 heavy (non-hydrogen) atoms. The predicted octanol–water partition coefficient (Wildman–Crippen LogP) is 0.455. The van der Waals surface area contributed by atoms with Crippen molar-refractivity contribution >= 4 is 15.4 Å². The van der Waals surface area contributed by atoms with E-state index in [1.54, 1.807) is 6.92 Å². The van der Waals surface area contributed by atoms with Crippen LogP contribution in [-0.4, -0.2) is 57.2 Å². The molecule has 3 unspecified atom stereocenters. The molecule has 0 spiro atoms. The van der Waals surface area contributed by atoms with Gasteiger partial charge in [0.2, 0.25) is 0 Å². The SMILES string of the molecule is [B][C@@H]1O[C@H](CO)C(OP(=O)(CC)OC)C1F. The number of halogens is 1. The Labute approximate surface area is 95.2 Å². The number of hydrogen-bond acceptors (Lipinski definition) is 5. The molecule has 0 aromatic heterocycles. The Kier molecular flexibility index (Phi) is 4.95. The molecule has 0 aromatic carbocycles. The summed E-state index contributed by atoms with van der Waals surface area (Å²) < 4.78 is 40.1. The standard InChI is InChI=1S/C8H15BFO5P/c1-3-16(12,13-2)15-7-5(4-11)14-8(9)6(7)10/h5-8,11H,3-4H2,1-2H3/t5-,6?,7?,8-,16?/m1/s1. The summed E-state index contributed by atoms with van der Waals surface area (Å²) in [4.78, 5) is 0. The Morgan fingerprint density at radius 2 is 2.25 bits per heavy atom. The summed E-state index contributed by atoms with van der Waals surface area (Å²) in [6.45, 7) is 1.15. The molecule has 1 aliphatic rings. The molecule has 0 bridgehead atoms. The fraction of sp³-hybridized carbons (Fsp3) is 1.00. The van der Waals surface area contributed by atoms with Gasteiger partial charge >= 0.3 is 7.60 Å². The Hall–Kier alpha value is 0.0649. The van der Waals surface area contributed by atoms with E-state index in [4.69, 9.17) is 26.7 Å². The van der Waals surface area contributed by atoms with E-state index in [1.165, 1.54) is 7.11 Å². The lowest BCUT2D eigenvalue weighted by Gasteiger charge is -2.23. The van der Waals surface area contributed by atoms with Gasteiger partial charge in [0.05, 0.1) is 12.6 Å². The van der Waals surface area contributed by atoms with Gasteiger partial charge in [0, 0.05) is 13.3 Å². The van der Waals surface area contributed by atoms with E-state index in [9.17, 15) is 8.96 Å². The maximum Gasteiger partial charge on any atom is 0.330 e. The largest absolute Gasteiger partial charge is 0.394 e. The van der Waals surface area contributed by atoms with Crippen LogP contribution in [0, 0.1) is 0 Å². The normalized spacial score (nSPS) is 38.5. The second-order valence-corrected chi connectivity index (χ2v) is 5.88. The molecule has 0 aliphatic carbocycles. The van der Waals surface area contributed by atoms with Crippen LogP contribution >= 0.6 is 7.60 Å². The van der Waals surface area contributed by atoms with Gasteiger partial charge in [-0.1, -0.05) is 6.92 Å². The first-order valence-corrected chi connectivity index (χ1v) is 6.69. The van der Waals surface area contributed by atoms with Crippen LogP contribution in [0.1, 0.15) is 6.92 Å². The van der Waals surface area contributed by atoms with Crippen molar-refractivity contribution in [2.45, 2.75) is 31.3 Å². The predicted molar refractivity (Wildman–Crippen MR) is 56.4 cm³/mol. The lowest BCUT2D eigenvalue weighted by molar-refractivity contribution is -0.000845. The van der Waals surface area contributed by atoms with Crippen molar-refractivity contribution < 1.29 is 27.8 Å². The van der Waals surface area contributed by atoms with Crippen LogP contribution in [0.2, 0.25) is 0 Å². The number of hydrogen-bond donors (Lipinski definition) is 1. The molecular formula is C8H15BFO5P. The highest BCUT2D eigenvalue weighted by atomic mass is 31.2. The Morgan fingerprint density at radius 1 is 1.62 bits per heavy atom. The highest BCUT2D eigenvalue weighted by Gasteiger charge is 2.46. The minimum Gasteiger partial charge on any atom is -0.394 e. The van der Waals surface area contributed by atoms with Crippen LogP contribution in [0.3, 0.4) is 0 Å². The Bertz CT molecular complexity index is 271. The zero-order chi connectivity index (χ0) is 12.3. The third kappa shape index (κ3) is 2.84. The molecular weight excluding hydrogens is 237 g/mol. The Balaban J connectivity index is 2.74. The minimum absolute atomic E-state index is 0.111. The summed E-state index contributed by atoms with van der Waals surface area (Å²) in [5.74, 6) is 0. The van der Waals surface area contributed by atoms with Crippen molar-refractivity contribution in [1.82, 2.24) is 0 Å². The van der Waals surface area contributed by atoms with Crippen LogP contribution < -0.4 is 0 Å². The molecule has 0 aromatic rings. The summed E-state index contributed by atoms with van der Waals surface area (Å²) in [5.41, 5.74) is 0. The summed E-state index contributed by atoms with van der Waals surface area (Å²) in [6, 6.07) is -1.18. The molecule has 1 heterocycles. The van der Waals surface area contributed by atoms with Crippen molar-refractivity contribution in [3.05, 3.63) is 0 Å². The van der Waals surface area contributed by atoms with Gasteiger partial charge in [-0.15, -0.1) is 0 Å². The number of aliphatic hydroxyl groups excluding tert-OH is 1. The third-order valence-electron chi connectivity index (χ3n) is 2.45. The minimum atomic E-state index is -3.33. The van der Waals surface area contributed by atoms with Crippen molar-refractivity contribution in [1.29, 1.82) is 0 Å². The van der Waals surface area contributed by atoms with Crippen LogP contribution in [0.4, 0.5) is 4.39 Å².